The molecular weight excluding hydrogens is 187 g/mol. The molecule has 2 bridgehead atoms. The zero-order valence-electron chi connectivity index (χ0n) is 6.61. The molecule has 3 aliphatic rings. The molecule has 13 heavy (non-hydrogen) atoms. The van der Waals surface area contributed by atoms with E-state index in [4.69, 9.17) is 5.11 Å². The maximum absolute atomic E-state index is 12.4. The summed E-state index contributed by atoms with van der Waals surface area (Å²) in [6, 6.07) is 0. The van der Waals surface area contributed by atoms with E-state index in [2.05, 4.69) is 5.32 Å². The fourth-order valence-corrected chi connectivity index (χ4v) is 2.22. The van der Waals surface area contributed by atoms with Crippen LogP contribution in [-0.4, -0.2) is 29.3 Å². The van der Waals surface area contributed by atoms with Crippen molar-refractivity contribution in [2.45, 2.75) is 24.6 Å². The third-order valence-electron chi connectivity index (χ3n) is 3.06. The molecule has 2 N–H and O–H groups in total. The van der Waals surface area contributed by atoms with Gasteiger partial charge in [0.2, 0.25) is 0 Å². The molecule has 74 valence electrons. The van der Waals surface area contributed by atoms with Gasteiger partial charge in [-0.15, -0.1) is 0 Å². The standard InChI is InChI=1S/C7H8F3NO2/c8-7(9,10)5-1-6(2-5,4(12)13)11-3-5/h11H,1-3H2,(H,12,13). The average Bonchev–Trinajstić information content (AvgIpc) is 2.34. The first-order valence-electron chi connectivity index (χ1n) is 3.87. The number of nitrogens with one attached hydrogen (secondary N) is 1. The summed E-state index contributed by atoms with van der Waals surface area (Å²) in [6.07, 6.45) is -4.92. The molecule has 1 saturated carbocycles. The van der Waals surface area contributed by atoms with Gasteiger partial charge in [-0.3, -0.25) is 4.79 Å². The predicted molar refractivity (Wildman–Crippen MR) is 36.1 cm³/mol. The number of aliphatic carboxylic acids is 1. The number of carboxylic acid groups (broad SMARTS) is 1. The van der Waals surface area contributed by atoms with Crippen molar-refractivity contribution in [3.8, 4) is 0 Å². The Hall–Kier alpha value is -0.780. The first-order chi connectivity index (χ1) is 5.81. The van der Waals surface area contributed by atoms with Gasteiger partial charge in [0, 0.05) is 6.54 Å². The van der Waals surface area contributed by atoms with E-state index in [1.807, 2.05) is 0 Å². The van der Waals surface area contributed by atoms with E-state index in [0.717, 1.165) is 0 Å². The summed E-state index contributed by atoms with van der Waals surface area (Å²) in [5.41, 5.74) is -3.07. The van der Waals surface area contributed by atoms with Crippen molar-refractivity contribution in [1.82, 2.24) is 5.32 Å². The van der Waals surface area contributed by atoms with E-state index in [9.17, 15) is 18.0 Å². The summed E-state index contributed by atoms with van der Waals surface area (Å²) in [5, 5.41) is 11.1. The highest BCUT2D eigenvalue weighted by molar-refractivity contribution is 5.81. The predicted octanol–water partition coefficient (Wildman–Crippen LogP) is 0.756. The van der Waals surface area contributed by atoms with Gasteiger partial charge in [-0.25, -0.2) is 0 Å². The summed E-state index contributed by atoms with van der Waals surface area (Å²) >= 11 is 0. The van der Waals surface area contributed by atoms with Crippen molar-refractivity contribution in [2.24, 2.45) is 5.41 Å². The Morgan fingerprint density at radius 2 is 1.92 bits per heavy atom. The Morgan fingerprint density at radius 3 is 2.15 bits per heavy atom. The zero-order valence-corrected chi connectivity index (χ0v) is 6.61. The Morgan fingerprint density at radius 1 is 1.38 bits per heavy atom. The van der Waals surface area contributed by atoms with Gasteiger partial charge in [-0.05, 0) is 12.8 Å². The molecule has 2 heterocycles. The van der Waals surface area contributed by atoms with Crippen LogP contribution in [0.1, 0.15) is 12.8 Å². The molecule has 0 amide bonds. The quantitative estimate of drug-likeness (QED) is 0.649. The van der Waals surface area contributed by atoms with Crippen molar-refractivity contribution >= 4 is 5.97 Å². The lowest BCUT2D eigenvalue weighted by molar-refractivity contribution is -0.243. The second-order valence-corrected chi connectivity index (χ2v) is 3.87. The minimum absolute atomic E-state index is 0.261. The SMILES string of the molecule is O=C(O)C12CC(C(F)(F)F)(CN1)C2. The normalized spacial score (nSPS) is 43.0. The second kappa shape index (κ2) is 2.00. The number of halogens is 3. The molecule has 3 nitrogen and oxygen atoms in total. The molecule has 2 saturated heterocycles. The van der Waals surface area contributed by atoms with Crippen molar-refractivity contribution in [2.75, 3.05) is 6.54 Å². The molecular formula is C7H8F3NO2. The molecule has 6 heteroatoms. The summed E-state index contributed by atoms with van der Waals surface area (Å²) in [5.74, 6) is -1.18. The van der Waals surface area contributed by atoms with Crippen molar-refractivity contribution in [3.63, 3.8) is 0 Å². The van der Waals surface area contributed by atoms with Crippen LogP contribution in [-0.2, 0) is 4.79 Å². The van der Waals surface area contributed by atoms with Crippen LogP contribution < -0.4 is 5.32 Å². The van der Waals surface area contributed by atoms with E-state index in [0.29, 0.717) is 0 Å². The number of carbonyl (C=O) groups is 1. The molecule has 0 aromatic carbocycles. The molecule has 0 unspecified atom stereocenters. The largest absolute Gasteiger partial charge is 0.480 e. The zero-order chi connectivity index (χ0) is 9.91. The molecule has 2 aliphatic heterocycles. The average molecular weight is 195 g/mol. The summed E-state index contributed by atoms with van der Waals surface area (Å²) < 4.78 is 37.2. The lowest BCUT2D eigenvalue weighted by atomic mass is 9.61. The molecule has 0 aromatic rings. The number of fused-ring (bicyclic) bond motifs is 1. The first-order valence-corrected chi connectivity index (χ1v) is 3.87. The van der Waals surface area contributed by atoms with Crippen molar-refractivity contribution < 1.29 is 23.1 Å². The van der Waals surface area contributed by atoms with Crippen molar-refractivity contribution in [3.05, 3.63) is 0 Å². The fourth-order valence-electron chi connectivity index (χ4n) is 2.22. The van der Waals surface area contributed by atoms with Gasteiger partial charge in [0.05, 0.1) is 5.41 Å². The van der Waals surface area contributed by atoms with Crippen LogP contribution in [0.5, 0.6) is 0 Å². The van der Waals surface area contributed by atoms with Gasteiger partial charge < -0.3 is 10.4 Å². The second-order valence-electron chi connectivity index (χ2n) is 3.87. The number of alkyl halides is 3. The molecule has 1 aliphatic carbocycles. The molecule has 0 radical (unpaired) electrons. The topological polar surface area (TPSA) is 49.3 Å². The highest BCUT2D eigenvalue weighted by Crippen LogP contribution is 2.61. The summed E-state index contributed by atoms with van der Waals surface area (Å²) in [7, 11) is 0. The van der Waals surface area contributed by atoms with Crippen LogP contribution in [0, 0.1) is 5.41 Å². The third-order valence-corrected chi connectivity index (χ3v) is 3.06. The van der Waals surface area contributed by atoms with Gasteiger partial charge in [0.15, 0.2) is 0 Å². The van der Waals surface area contributed by atoms with Crippen molar-refractivity contribution in [1.29, 1.82) is 0 Å². The summed E-state index contributed by atoms with van der Waals surface area (Å²) in [6.45, 7) is -0.261. The van der Waals surface area contributed by atoms with Crippen LogP contribution >= 0.6 is 0 Å². The van der Waals surface area contributed by atoms with Gasteiger partial charge >= 0.3 is 12.1 Å². The van der Waals surface area contributed by atoms with Crippen LogP contribution in [0.3, 0.4) is 0 Å². The Balaban J connectivity index is 2.20. The van der Waals surface area contributed by atoms with Gasteiger partial charge in [-0.2, -0.15) is 13.2 Å². The maximum Gasteiger partial charge on any atom is 0.395 e. The highest BCUT2D eigenvalue weighted by atomic mass is 19.4. The number of hydrogen-bond donors (Lipinski definition) is 2. The van der Waals surface area contributed by atoms with Crippen LogP contribution in [0.2, 0.25) is 0 Å². The molecule has 3 rings (SSSR count). The van der Waals surface area contributed by atoms with E-state index in [1.54, 1.807) is 0 Å². The molecule has 0 atom stereocenters. The monoisotopic (exact) mass is 195 g/mol. The number of rotatable bonds is 1. The van der Waals surface area contributed by atoms with E-state index in [1.165, 1.54) is 0 Å². The van der Waals surface area contributed by atoms with Crippen LogP contribution in [0.4, 0.5) is 13.2 Å². The van der Waals surface area contributed by atoms with Crippen LogP contribution in [0.15, 0.2) is 0 Å². The van der Waals surface area contributed by atoms with Crippen LogP contribution in [0.25, 0.3) is 0 Å². The fraction of sp³-hybridized carbons (Fsp3) is 0.857. The third kappa shape index (κ3) is 0.864. The van der Waals surface area contributed by atoms with E-state index < -0.39 is 23.1 Å². The van der Waals surface area contributed by atoms with Gasteiger partial charge in [0.25, 0.3) is 0 Å². The van der Waals surface area contributed by atoms with Gasteiger partial charge in [-0.1, -0.05) is 0 Å². The lowest BCUT2D eigenvalue weighted by Crippen LogP contribution is -2.58. The summed E-state index contributed by atoms with van der Waals surface area (Å²) in [4.78, 5) is 10.6. The highest BCUT2D eigenvalue weighted by Gasteiger charge is 2.74. The maximum atomic E-state index is 12.4. The Labute approximate surface area is 71.9 Å². The lowest BCUT2D eigenvalue weighted by Gasteiger charge is -2.43. The number of carboxylic acids is 1. The Bertz CT molecular complexity index is 267. The smallest absolute Gasteiger partial charge is 0.395 e. The van der Waals surface area contributed by atoms with E-state index in [-0.39, 0.29) is 19.4 Å². The molecule has 3 fully saturated rings. The number of hydrogen-bond acceptors (Lipinski definition) is 2. The Kier molecular flexibility index (Phi) is 1.35. The molecule has 0 aromatic heterocycles. The molecule has 0 spiro atoms. The first kappa shape index (κ1) is 8.80. The van der Waals surface area contributed by atoms with Gasteiger partial charge in [0.1, 0.15) is 5.54 Å². The minimum atomic E-state index is -4.28. The minimum Gasteiger partial charge on any atom is -0.480 e. The van der Waals surface area contributed by atoms with E-state index >= 15 is 0 Å².